The summed E-state index contributed by atoms with van der Waals surface area (Å²) in [6, 6.07) is 0. The van der Waals surface area contributed by atoms with Crippen LogP contribution < -0.4 is 0 Å². The van der Waals surface area contributed by atoms with Crippen molar-refractivity contribution in [2.75, 3.05) is 0 Å². The molecule has 0 unspecified atom stereocenters. The van der Waals surface area contributed by atoms with Gasteiger partial charge in [-0.15, -0.1) is 0 Å². The van der Waals surface area contributed by atoms with Gasteiger partial charge < -0.3 is 0 Å². The van der Waals surface area contributed by atoms with Crippen molar-refractivity contribution in [3.05, 3.63) is 11.3 Å². The third-order valence-corrected chi connectivity index (χ3v) is 3.11. The van der Waals surface area contributed by atoms with Crippen molar-refractivity contribution in [1.29, 1.82) is 5.41 Å². The number of nitrogens with zero attached hydrogens (tertiary/aromatic N) is 1. The number of hydrogen-bond donors (Lipinski definition) is 1. The number of carbonyl (C=O) groups is 1. The molecule has 0 atom stereocenters. The van der Waals surface area contributed by atoms with E-state index in [1.54, 1.807) is 0 Å². The molecular weight excluding hydrogens is 512 g/mol. The van der Waals surface area contributed by atoms with Gasteiger partial charge in [0.25, 0.3) is 0 Å². The van der Waals surface area contributed by atoms with Gasteiger partial charge in [0, 0.05) is 0 Å². The first kappa shape index (κ1) is 12.9. The molecule has 0 saturated heterocycles. The van der Waals surface area contributed by atoms with E-state index in [9.17, 15) is 4.79 Å². The van der Waals surface area contributed by atoms with E-state index >= 15 is 0 Å². The summed E-state index contributed by atoms with van der Waals surface area (Å²) in [5.41, 5.74) is 1.38. The zero-order chi connectivity index (χ0) is 10.4. The van der Waals surface area contributed by atoms with Gasteiger partial charge in [0.1, 0.15) is 0 Å². The number of hydrogen-bond acceptors (Lipinski definition) is 4. The fraction of sp³-hybridized carbons (Fsp3) is 0.286. The Morgan fingerprint density at radius 1 is 1.54 bits per heavy atom. The van der Waals surface area contributed by atoms with E-state index in [0.717, 1.165) is 29.1 Å². The molecular formula is C7H8N2O2W2. The Labute approximate surface area is 98.4 Å². The summed E-state index contributed by atoms with van der Waals surface area (Å²) in [7, 11) is 0. The summed E-state index contributed by atoms with van der Waals surface area (Å²) in [5, 5.41) is 7.37. The predicted octanol–water partition coefficient (Wildman–Crippen LogP) is 0.880. The molecule has 13 heavy (non-hydrogen) atoms. The molecule has 0 fully saturated rings. The van der Waals surface area contributed by atoms with E-state index in [1.807, 2.05) is 13.8 Å². The number of nitrogens with one attached hydrogen (secondary N) is 1. The van der Waals surface area contributed by atoms with Crippen LogP contribution in [0.15, 0.2) is 14.8 Å². The Kier molecular flexibility index (Phi) is 6.35. The minimum atomic E-state index is -0.178. The predicted molar refractivity (Wildman–Crippen MR) is 40.7 cm³/mol. The molecule has 1 N–H and O–H groups in total. The van der Waals surface area contributed by atoms with Gasteiger partial charge in [0.15, 0.2) is 0 Å². The molecule has 0 heterocycles. The van der Waals surface area contributed by atoms with Crippen LogP contribution in [0.25, 0.3) is 0 Å². The summed E-state index contributed by atoms with van der Waals surface area (Å²) < 4.78 is 9.54. The Bertz CT molecular complexity index is 297. The molecule has 0 aliphatic rings. The molecule has 0 aliphatic carbocycles. The molecule has 0 spiro atoms. The van der Waals surface area contributed by atoms with Gasteiger partial charge in [-0.05, 0) is 0 Å². The van der Waals surface area contributed by atoms with Crippen molar-refractivity contribution >= 4 is 16.3 Å². The van der Waals surface area contributed by atoms with Gasteiger partial charge >= 0.3 is 98.8 Å². The first-order chi connectivity index (χ1) is 6.04. The quantitative estimate of drug-likeness (QED) is 0.341. The Balaban J connectivity index is 4.98. The van der Waals surface area contributed by atoms with E-state index in [0.29, 0.717) is 5.70 Å². The van der Waals surface area contributed by atoms with Gasteiger partial charge in [-0.25, -0.2) is 0 Å². The van der Waals surface area contributed by atoms with Crippen molar-refractivity contribution in [1.82, 2.24) is 0 Å². The van der Waals surface area contributed by atoms with Crippen molar-refractivity contribution in [3.8, 4) is 0 Å². The second-order valence-electron chi connectivity index (χ2n) is 2.16. The molecule has 0 aromatic carbocycles. The van der Waals surface area contributed by atoms with Crippen LogP contribution in [0.3, 0.4) is 0 Å². The zero-order valence-corrected chi connectivity index (χ0v) is 13.0. The second-order valence-corrected chi connectivity index (χ2v) is 5.02. The van der Waals surface area contributed by atoms with Crippen LogP contribution in [0.2, 0.25) is 0 Å². The Morgan fingerprint density at radius 2 is 2.08 bits per heavy atom. The molecule has 6 heteroatoms. The topological polar surface area (TPSA) is 62.5 Å². The van der Waals surface area contributed by atoms with E-state index in [4.69, 9.17) is 5.41 Å². The summed E-state index contributed by atoms with van der Waals surface area (Å²) in [6.07, 6.45) is 0. The maximum absolute atomic E-state index is 10.0. The zero-order valence-electron chi connectivity index (χ0n) is 7.16. The minimum absolute atomic E-state index is 0.178. The third kappa shape index (κ3) is 4.10. The Hall–Kier alpha value is -0.0734. The fourth-order valence-electron chi connectivity index (χ4n) is 0.551. The number of ether oxygens (including phenoxy) is 1. The van der Waals surface area contributed by atoms with E-state index < -0.39 is 0 Å². The van der Waals surface area contributed by atoms with Crippen LogP contribution in [0.5, 0.6) is 0 Å². The number of rotatable bonds is 4. The number of carbonyl (C=O) groups excluding carboxylic acids is 1. The summed E-state index contributed by atoms with van der Waals surface area (Å²) >= 11 is 2.31. The van der Waals surface area contributed by atoms with Gasteiger partial charge in [-0.1, -0.05) is 0 Å². The summed E-state index contributed by atoms with van der Waals surface area (Å²) in [5.74, 6) is -0.178. The van der Waals surface area contributed by atoms with E-state index in [1.165, 1.54) is 19.4 Å². The van der Waals surface area contributed by atoms with Crippen molar-refractivity contribution in [3.63, 3.8) is 0 Å². The Morgan fingerprint density at radius 3 is 2.38 bits per heavy atom. The van der Waals surface area contributed by atoms with Crippen LogP contribution in [0, 0.1) is 5.41 Å². The van der Waals surface area contributed by atoms with Crippen LogP contribution in [-0.2, 0) is 48.5 Å². The molecule has 0 bridgehead atoms. The molecule has 0 amide bonds. The number of allylic oxidation sites excluding steroid dienone is 1. The monoisotopic (exact) mass is 520 g/mol. The molecule has 0 rings (SSSR count). The second kappa shape index (κ2) is 6.39. The van der Waals surface area contributed by atoms with Crippen molar-refractivity contribution in [2.45, 2.75) is 13.8 Å². The average molecular weight is 520 g/mol. The van der Waals surface area contributed by atoms with Gasteiger partial charge in [0.2, 0.25) is 0 Å². The van der Waals surface area contributed by atoms with E-state index in [2.05, 4.69) is 8.23 Å². The molecule has 0 saturated carbocycles. The molecule has 0 aliphatic heterocycles. The molecule has 0 aromatic rings. The van der Waals surface area contributed by atoms with Crippen molar-refractivity contribution < 1.29 is 48.5 Å². The molecule has 70 valence electrons. The molecule has 0 radical (unpaired) electrons. The van der Waals surface area contributed by atoms with Crippen LogP contribution >= 0.6 is 0 Å². The average Bonchev–Trinajstić information content (AvgIpc) is 2.05. The van der Waals surface area contributed by atoms with Gasteiger partial charge in [-0.3, -0.25) is 0 Å². The van der Waals surface area contributed by atoms with Crippen molar-refractivity contribution in [2.24, 2.45) is 3.50 Å². The first-order valence-corrected chi connectivity index (χ1v) is 6.06. The summed E-state index contributed by atoms with van der Waals surface area (Å²) in [6.45, 7) is 4.07. The van der Waals surface area contributed by atoms with Gasteiger partial charge in [0.05, 0.1) is 0 Å². The third-order valence-electron chi connectivity index (χ3n) is 1.36. The maximum atomic E-state index is 10.0. The SMILES string of the molecule is C[C](=[W])C(C)=C([N]=[W])C(=N)OC=O. The van der Waals surface area contributed by atoms with Crippen LogP contribution in [-0.4, -0.2) is 16.3 Å². The normalized spacial score (nSPS) is 11.2. The fourth-order valence-corrected chi connectivity index (χ4v) is 1.69. The molecule has 0 aromatic heterocycles. The van der Waals surface area contributed by atoms with Gasteiger partial charge in [-0.2, -0.15) is 0 Å². The first-order valence-electron chi connectivity index (χ1n) is 3.29. The van der Waals surface area contributed by atoms with E-state index in [-0.39, 0.29) is 12.4 Å². The molecule has 4 nitrogen and oxygen atoms in total. The summed E-state index contributed by atoms with van der Waals surface area (Å²) in [4.78, 5) is 10.0. The van der Waals surface area contributed by atoms with Crippen LogP contribution in [0.1, 0.15) is 13.8 Å². The standard InChI is InChI=1S/C7H8N2O2.2W/c1-3-5(2)6(8)7(9)11-4-10;;/h4,9H,1-2H3;;. The van der Waals surface area contributed by atoms with Crippen LogP contribution in [0.4, 0.5) is 0 Å².